The summed E-state index contributed by atoms with van der Waals surface area (Å²) in [4.78, 5) is 48.2. The number of methoxy groups -OCH3 is 2. The minimum absolute atomic E-state index is 0.0419. The summed E-state index contributed by atoms with van der Waals surface area (Å²) in [6, 6.07) is 6.77. The second-order valence-corrected chi connectivity index (χ2v) is 9.36. The maximum atomic E-state index is 12.5. The first-order chi connectivity index (χ1) is 16.1. The zero-order chi connectivity index (χ0) is 25.0. The largest absolute Gasteiger partial charge is 0.497 e. The van der Waals surface area contributed by atoms with Crippen molar-refractivity contribution in [2.45, 2.75) is 18.1 Å². The van der Waals surface area contributed by atoms with Crippen molar-refractivity contribution in [3.63, 3.8) is 0 Å². The summed E-state index contributed by atoms with van der Waals surface area (Å²) in [6.07, 6.45) is -2.41. The smallest absolute Gasteiger partial charge is 0.407 e. The molecule has 2 unspecified atom stereocenters. The Morgan fingerprint density at radius 3 is 2.38 bits per heavy atom. The number of sulfone groups is 1. The number of nitrogens with zero attached hydrogens (tertiary/aromatic N) is 1. The van der Waals surface area contributed by atoms with Crippen LogP contribution >= 0.6 is 0 Å². The molecule has 1 saturated heterocycles. The molecule has 1 fully saturated rings. The fourth-order valence-corrected chi connectivity index (χ4v) is 5.47. The van der Waals surface area contributed by atoms with Crippen molar-refractivity contribution in [2.75, 3.05) is 33.1 Å². The van der Waals surface area contributed by atoms with Gasteiger partial charge in [0.05, 0.1) is 12.9 Å². The normalized spacial score (nSPS) is 20.6. The monoisotopic (exact) mass is 498 g/mol. The number of hydrogen-bond donors (Lipinski definition) is 2. The standard InChI is InChI=1S/C20H22N2O11S/c1-30-13-5-3-11(4-6-13)8-32-14(23)7-21-20(27)33-9-12-10-34(28,29)18-16(31-2)17(24)22(18)15(12)19(25)26/h3-6,16,18H,7-10H2,1-2H3,(H,21,27)(H,25,26). The summed E-state index contributed by atoms with van der Waals surface area (Å²) < 4.78 is 44.7. The second kappa shape index (κ2) is 10.1. The van der Waals surface area contributed by atoms with Gasteiger partial charge < -0.3 is 29.4 Å². The molecule has 34 heavy (non-hydrogen) atoms. The van der Waals surface area contributed by atoms with Crippen LogP contribution in [0.4, 0.5) is 4.79 Å². The predicted molar refractivity (Wildman–Crippen MR) is 112 cm³/mol. The van der Waals surface area contributed by atoms with Gasteiger partial charge in [0.2, 0.25) is 0 Å². The maximum Gasteiger partial charge on any atom is 0.407 e. The minimum atomic E-state index is -3.98. The SMILES string of the molecule is COc1ccc(COC(=O)CNC(=O)OCC2=C(C(=O)O)N3C(=O)C(OC)C3S(=O)(=O)C2)cc1. The topological polar surface area (TPSA) is 175 Å². The van der Waals surface area contributed by atoms with E-state index in [-0.39, 0.29) is 12.2 Å². The number of alkyl carbamates (subject to hydrolysis) is 1. The van der Waals surface area contributed by atoms with E-state index in [1.165, 1.54) is 7.11 Å². The van der Waals surface area contributed by atoms with Crippen LogP contribution in [0.3, 0.4) is 0 Å². The molecule has 0 saturated carbocycles. The highest BCUT2D eigenvalue weighted by Crippen LogP contribution is 2.37. The summed E-state index contributed by atoms with van der Waals surface area (Å²) in [5.41, 5.74) is -0.174. The molecule has 2 heterocycles. The number of ether oxygens (including phenoxy) is 4. The number of aliphatic carboxylic acids is 1. The fourth-order valence-electron chi connectivity index (χ4n) is 3.46. The Morgan fingerprint density at radius 1 is 1.12 bits per heavy atom. The Bertz CT molecular complexity index is 1130. The van der Waals surface area contributed by atoms with E-state index >= 15 is 0 Å². The molecular formula is C20H22N2O11S. The molecule has 1 aromatic rings. The predicted octanol–water partition coefficient (Wildman–Crippen LogP) is -0.585. The average molecular weight is 498 g/mol. The molecule has 2 aliphatic rings. The lowest BCUT2D eigenvalue weighted by Gasteiger charge is -2.48. The Balaban J connectivity index is 1.54. The molecule has 1 aromatic carbocycles. The Kier molecular flexibility index (Phi) is 7.41. The first-order valence-electron chi connectivity index (χ1n) is 9.81. The highest BCUT2D eigenvalue weighted by molar-refractivity contribution is 7.92. The van der Waals surface area contributed by atoms with Crippen LogP contribution in [0.1, 0.15) is 5.56 Å². The summed E-state index contributed by atoms with van der Waals surface area (Å²) in [7, 11) is -1.32. The van der Waals surface area contributed by atoms with Crippen molar-refractivity contribution < 1.29 is 51.6 Å². The van der Waals surface area contributed by atoms with Crippen LogP contribution in [0.2, 0.25) is 0 Å². The van der Waals surface area contributed by atoms with E-state index in [1.807, 2.05) is 0 Å². The van der Waals surface area contributed by atoms with Crippen LogP contribution in [0.25, 0.3) is 0 Å². The highest BCUT2D eigenvalue weighted by atomic mass is 32.2. The molecule has 2 aliphatic heterocycles. The van der Waals surface area contributed by atoms with Crippen LogP contribution in [-0.2, 0) is 45.0 Å². The van der Waals surface area contributed by atoms with Gasteiger partial charge in [-0.2, -0.15) is 0 Å². The number of esters is 1. The van der Waals surface area contributed by atoms with Crippen molar-refractivity contribution in [2.24, 2.45) is 0 Å². The van der Waals surface area contributed by atoms with Crippen molar-refractivity contribution in [1.82, 2.24) is 10.2 Å². The average Bonchev–Trinajstić information content (AvgIpc) is 2.80. The number of fused-ring (bicyclic) bond motifs is 1. The number of carboxylic acids is 1. The molecule has 0 aliphatic carbocycles. The number of β-lactam (4-membered cyclic amide) rings is 1. The van der Waals surface area contributed by atoms with Gasteiger partial charge in [-0.25, -0.2) is 18.0 Å². The lowest BCUT2D eigenvalue weighted by atomic mass is 10.1. The van der Waals surface area contributed by atoms with Crippen LogP contribution in [0.15, 0.2) is 35.5 Å². The van der Waals surface area contributed by atoms with Gasteiger partial charge in [0, 0.05) is 12.7 Å². The molecule has 13 nitrogen and oxygen atoms in total. The number of carbonyl (C=O) groups excluding carboxylic acids is 3. The van der Waals surface area contributed by atoms with Gasteiger partial charge in [-0.15, -0.1) is 0 Å². The molecular weight excluding hydrogens is 476 g/mol. The lowest BCUT2D eigenvalue weighted by molar-refractivity contribution is -0.162. The Hall–Kier alpha value is -3.65. The molecule has 14 heteroatoms. The van der Waals surface area contributed by atoms with Crippen molar-refractivity contribution in [1.29, 1.82) is 0 Å². The number of amides is 2. The molecule has 0 radical (unpaired) electrons. The third kappa shape index (κ3) is 5.12. The van der Waals surface area contributed by atoms with Crippen LogP contribution < -0.4 is 10.1 Å². The minimum Gasteiger partial charge on any atom is -0.497 e. The van der Waals surface area contributed by atoms with Crippen LogP contribution in [0.5, 0.6) is 5.75 Å². The van der Waals surface area contributed by atoms with Crippen molar-refractivity contribution >= 4 is 33.8 Å². The first kappa shape index (κ1) is 25.0. The number of nitrogens with one attached hydrogen (secondary N) is 1. The summed E-state index contributed by atoms with van der Waals surface area (Å²) in [6.45, 7) is -1.30. The van der Waals surface area contributed by atoms with Crippen LogP contribution in [0, 0.1) is 0 Å². The molecule has 0 bridgehead atoms. The summed E-state index contributed by atoms with van der Waals surface area (Å²) >= 11 is 0. The maximum absolute atomic E-state index is 12.5. The number of rotatable bonds is 9. The summed E-state index contributed by atoms with van der Waals surface area (Å²) in [5, 5.41) is 10.2. The lowest BCUT2D eigenvalue weighted by Crippen LogP contribution is -2.70. The Labute approximate surface area is 194 Å². The highest BCUT2D eigenvalue weighted by Gasteiger charge is 2.60. The van der Waals surface area contributed by atoms with E-state index in [0.717, 1.165) is 7.11 Å². The van der Waals surface area contributed by atoms with E-state index in [2.05, 4.69) is 5.32 Å². The van der Waals surface area contributed by atoms with E-state index in [4.69, 9.17) is 18.9 Å². The number of carboxylic acid groups (broad SMARTS) is 1. The Morgan fingerprint density at radius 2 is 1.79 bits per heavy atom. The molecule has 2 amide bonds. The summed E-state index contributed by atoms with van der Waals surface area (Å²) in [5.74, 6) is -3.24. The number of benzene rings is 1. The molecule has 2 N–H and O–H groups in total. The van der Waals surface area contributed by atoms with Crippen molar-refractivity contribution in [3.8, 4) is 5.75 Å². The zero-order valence-corrected chi connectivity index (χ0v) is 19.0. The quantitative estimate of drug-likeness (QED) is 0.329. The first-order valence-corrected chi connectivity index (χ1v) is 11.5. The van der Waals surface area contributed by atoms with Crippen LogP contribution in [-0.4, -0.2) is 87.0 Å². The van der Waals surface area contributed by atoms with E-state index < -0.39 is 69.9 Å². The third-order valence-corrected chi connectivity index (χ3v) is 7.03. The van der Waals surface area contributed by atoms with E-state index in [9.17, 15) is 32.7 Å². The zero-order valence-electron chi connectivity index (χ0n) is 18.2. The molecule has 0 spiro atoms. The van der Waals surface area contributed by atoms with Gasteiger partial charge in [0.25, 0.3) is 5.91 Å². The number of hydrogen-bond acceptors (Lipinski definition) is 10. The number of carbonyl (C=O) groups is 4. The van der Waals surface area contributed by atoms with E-state index in [0.29, 0.717) is 16.2 Å². The van der Waals surface area contributed by atoms with Crippen molar-refractivity contribution in [3.05, 3.63) is 41.1 Å². The van der Waals surface area contributed by atoms with Gasteiger partial charge >= 0.3 is 18.0 Å². The molecule has 0 aromatic heterocycles. The third-order valence-electron chi connectivity index (χ3n) is 5.08. The van der Waals surface area contributed by atoms with Gasteiger partial charge in [-0.3, -0.25) is 14.5 Å². The van der Waals surface area contributed by atoms with Gasteiger partial charge in [0.15, 0.2) is 21.3 Å². The van der Waals surface area contributed by atoms with E-state index in [1.54, 1.807) is 24.3 Å². The van der Waals surface area contributed by atoms with Gasteiger partial charge in [-0.1, -0.05) is 12.1 Å². The molecule has 2 atom stereocenters. The fraction of sp³-hybridized carbons (Fsp3) is 0.400. The molecule has 184 valence electrons. The molecule has 3 rings (SSSR count). The van der Waals surface area contributed by atoms with Gasteiger partial charge in [-0.05, 0) is 17.7 Å². The van der Waals surface area contributed by atoms with Gasteiger partial charge in [0.1, 0.15) is 31.2 Å². The second-order valence-electron chi connectivity index (χ2n) is 7.26.